The molecule has 1 aromatic heterocycles. The van der Waals surface area contributed by atoms with E-state index in [-0.39, 0.29) is 0 Å². The fraction of sp³-hybridized carbons (Fsp3) is 0.308. The minimum absolute atomic E-state index is 0.516. The second-order valence-electron chi connectivity index (χ2n) is 3.94. The maximum absolute atomic E-state index is 10.3. The number of likely N-dealkylation sites (N-methyl/N-ethyl adjacent to an activating group) is 1. The zero-order valence-electron chi connectivity index (χ0n) is 9.35. The molecule has 84 valence electrons. The Labute approximate surface area is 99.5 Å². The van der Waals surface area contributed by atoms with Crippen LogP contribution in [0, 0.1) is 0 Å². The summed E-state index contributed by atoms with van der Waals surface area (Å²) in [6, 6.07) is 8.47. The van der Waals surface area contributed by atoms with Gasteiger partial charge in [-0.1, -0.05) is 18.2 Å². The second kappa shape index (κ2) is 5.23. The smallest absolute Gasteiger partial charge is 0.133 e. The van der Waals surface area contributed by atoms with Crippen LogP contribution in [-0.4, -0.2) is 31.3 Å². The Bertz CT molecular complexity index is 477. The molecule has 0 bridgehead atoms. The minimum Gasteiger partial charge on any atom is -0.302 e. The van der Waals surface area contributed by atoms with Crippen LogP contribution in [0.2, 0.25) is 0 Å². The molecule has 16 heavy (non-hydrogen) atoms. The van der Waals surface area contributed by atoms with E-state index in [9.17, 15) is 4.79 Å². The molecule has 2 aromatic rings. The molecule has 0 saturated carbocycles. The predicted octanol–water partition coefficient (Wildman–Crippen LogP) is 2.57. The first-order valence-electron chi connectivity index (χ1n) is 5.38. The summed E-state index contributed by atoms with van der Waals surface area (Å²) in [5.74, 6) is 0. The number of benzene rings is 1. The van der Waals surface area contributed by atoms with E-state index in [4.69, 9.17) is 0 Å². The topological polar surface area (TPSA) is 20.3 Å². The lowest BCUT2D eigenvalue weighted by Gasteiger charge is -2.11. The number of hydrogen-bond donors (Lipinski definition) is 0. The van der Waals surface area contributed by atoms with E-state index >= 15 is 0 Å². The van der Waals surface area contributed by atoms with E-state index in [2.05, 4.69) is 29.6 Å². The Morgan fingerprint density at radius 3 is 3.00 bits per heavy atom. The highest BCUT2D eigenvalue weighted by atomic mass is 32.1. The Morgan fingerprint density at radius 2 is 2.19 bits per heavy atom. The fourth-order valence-electron chi connectivity index (χ4n) is 1.76. The van der Waals surface area contributed by atoms with Crippen molar-refractivity contribution in [2.24, 2.45) is 0 Å². The molecule has 0 aliphatic rings. The first-order valence-corrected chi connectivity index (χ1v) is 6.26. The van der Waals surface area contributed by atoms with Crippen LogP contribution in [0.5, 0.6) is 0 Å². The van der Waals surface area contributed by atoms with E-state index in [1.807, 2.05) is 11.9 Å². The van der Waals surface area contributed by atoms with Gasteiger partial charge in [0, 0.05) is 11.2 Å². The Morgan fingerprint density at radius 1 is 1.38 bits per heavy atom. The highest BCUT2D eigenvalue weighted by Crippen LogP contribution is 2.25. The number of carbonyl (C=O) groups is 1. The van der Waals surface area contributed by atoms with Gasteiger partial charge >= 0.3 is 0 Å². The zero-order chi connectivity index (χ0) is 11.4. The standard InChI is InChI=1S/C13H15NOS/c1-14(8-9-15)7-6-11-10-16-13-5-3-2-4-12(11)13/h2-5,9-10H,6-8H2,1H3. The molecule has 0 unspecified atom stereocenters. The highest BCUT2D eigenvalue weighted by Gasteiger charge is 2.04. The van der Waals surface area contributed by atoms with Gasteiger partial charge < -0.3 is 4.79 Å². The summed E-state index contributed by atoms with van der Waals surface area (Å²) in [4.78, 5) is 12.4. The number of carbonyl (C=O) groups excluding carboxylic acids is 1. The molecular formula is C13H15NOS. The van der Waals surface area contributed by atoms with Crippen LogP contribution in [-0.2, 0) is 11.2 Å². The maximum atomic E-state index is 10.3. The lowest BCUT2D eigenvalue weighted by Crippen LogP contribution is -2.23. The summed E-state index contributed by atoms with van der Waals surface area (Å²) in [7, 11) is 1.98. The van der Waals surface area contributed by atoms with Crippen LogP contribution in [0.15, 0.2) is 29.6 Å². The van der Waals surface area contributed by atoms with Crippen LogP contribution in [0.4, 0.5) is 0 Å². The molecule has 2 nitrogen and oxygen atoms in total. The Kier molecular flexibility index (Phi) is 3.70. The van der Waals surface area contributed by atoms with Gasteiger partial charge in [0.25, 0.3) is 0 Å². The fourth-order valence-corrected chi connectivity index (χ4v) is 2.75. The quantitative estimate of drug-likeness (QED) is 0.740. The van der Waals surface area contributed by atoms with Crippen LogP contribution >= 0.6 is 11.3 Å². The first kappa shape index (κ1) is 11.3. The van der Waals surface area contributed by atoms with Gasteiger partial charge in [0.1, 0.15) is 6.29 Å². The summed E-state index contributed by atoms with van der Waals surface area (Å²) < 4.78 is 1.34. The van der Waals surface area contributed by atoms with Crippen LogP contribution in [0.25, 0.3) is 10.1 Å². The molecule has 0 aliphatic heterocycles. The molecule has 0 radical (unpaired) electrons. The van der Waals surface area contributed by atoms with Gasteiger partial charge in [-0.2, -0.15) is 0 Å². The molecule has 0 aliphatic carbocycles. The number of hydrogen-bond acceptors (Lipinski definition) is 3. The molecule has 0 spiro atoms. The number of fused-ring (bicyclic) bond motifs is 1. The van der Waals surface area contributed by atoms with Crippen molar-refractivity contribution in [3.63, 3.8) is 0 Å². The Balaban J connectivity index is 2.07. The van der Waals surface area contributed by atoms with E-state index in [0.29, 0.717) is 6.54 Å². The normalized spacial score (nSPS) is 11.1. The third-order valence-corrected chi connectivity index (χ3v) is 3.72. The lowest BCUT2D eigenvalue weighted by atomic mass is 10.1. The van der Waals surface area contributed by atoms with Crippen molar-refractivity contribution in [2.75, 3.05) is 20.1 Å². The number of rotatable bonds is 5. The molecule has 0 atom stereocenters. The summed E-state index contributed by atoms with van der Waals surface area (Å²) in [5, 5.41) is 3.58. The van der Waals surface area contributed by atoms with Gasteiger partial charge in [-0.15, -0.1) is 11.3 Å². The number of thiophene rings is 1. The molecule has 1 aromatic carbocycles. The SMILES string of the molecule is CN(CC=O)CCc1csc2ccccc12. The zero-order valence-corrected chi connectivity index (χ0v) is 10.2. The van der Waals surface area contributed by atoms with Crippen molar-refractivity contribution in [1.82, 2.24) is 4.90 Å². The molecule has 1 heterocycles. The third-order valence-electron chi connectivity index (χ3n) is 2.71. The molecule has 2 rings (SSSR count). The Hall–Kier alpha value is -1.19. The highest BCUT2D eigenvalue weighted by molar-refractivity contribution is 7.17. The molecule has 0 amide bonds. The molecular weight excluding hydrogens is 218 g/mol. The van der Waals surface area contributed by atoms with Crippen molar-refractivity contribution in [3.8, 4) is 0 Å². The molecule has 3 heteroatoms. The summed E-state index contributed by atoms with van der Waals surface area (Å²) in [6.45, 7) is 1.45. The van der Waals surface area contributed by atoms with E-state index in [1.165, 1.54) is 15.6 Å². The number of aldehydes is 1. The van der Waals surface area contributed by atoms with Gasteiger partial charge in [0.2, 0.25) is 0 Å². The van der Waals surface area contributed by atoms with Gasteiger partial charge in [0.05, 0.1) is 6.54 Å². The molecule has 0 saturated heterocycles. The van der Waals surface area contributed by atoms with Crippen molar-refractivity contribution in [1.29, 1.82) is 0 Å². The van der Waals surface area contributed by atoms with Crippen molar-refractivity contribution in [3.05, 3.63) is 35.2 Å². The minimum atomic E-state index is 0.516. The largest absolute Gasteiger partial charge is 0.302 e. The van der Waals surface area contributed by atoms with Crippen LogP contribution < -0.4 is 0 Å². The number of nitrogens with zero attached hydrogens (tertiary/aromatic N) is 1. The summed E-state index contributed by atoms with van der Waals surface area (Å²) >= 11 is 1.79. The third kappa shape index (κ3) is 2.49. The van der Waals surface area contributed by atoms with E-state index < -0.39 is 0 Å². The van der Waals surface area contributed by atoms with Crippen LogP contribution in [0.1, 0.15) is 5.56 Å². The average Bonchev–Trinajstić information content (AvgIpc) is 2.70. The lowest BCUT2D eigenvalue weighted by molar-refractivity contribution is -0.108. The van der Waals surface area contributed by atoms with Crippen molar-refractivity contribution >= 4 is 27.7 Å². The van der Waals surface area contributed by atoms with Gasteiger partial charge in [-0.05, 0) is 35.9 Å². The summed E-state index contributed by atoms with van der Waals surface area (Å²) in [5.41, 5.74) is 1.39. The summed E-state index contributed by atoms with van der Waals surface area (Å²) in [6.07, 6.45) is 1.96. The van der Waals surface area contributed by atoms with Gasteiger partial charge in [-0.3, -0.25) is 4.90 Å². The van der Waals surface area contributed by atoms with Gasteiger partial charge in [-0.25, -0.2) is 0 Å². The van der Waals surface area contributed by atoms with Crippen LogP contribution in [0.3, 0.4) is 0 Å². The van der Waals surface area contributed by atoms with Gasteiger partial charge in [0.15, 0.2) is 0 Å². The monoisotopic (exact) mass is 233 g/mol. The van der Waals surface area contributed by atoms with Crippen molar-refractivity contribution < 1.29 is 4.79 Å². The second-order valence-corrected chi connectivity index (χ2v) is 4.85. The van der Waals surface area contributed by atoms with Crippen molar-refractivity contribution in [2.45, 2.75) is 6.42 Å². The van der Waals surface area contributed by atoms with E-state index in [0.717, 1.165) is 19.3 Å². The maximum Gasteiger partial charge on any atom is 0.133 e. The molecule has 0 fully saturated rings. The molecule has 0 N–H and O–H groups in total. The first-order chi connectivity index (χ1) is 7.81. The average molecular weight is 233 g/mol. The van der Waals surface area contributed by atoms with E-state index in [1.54, 1.807) is 11.3 Å². The predicted molar refractivity (Wildman–Crippen MR) is 69.1 cm³/mol.